The van der Waals surface area contributed by atoms with Crippen LogP contribution in [0.4, 0.5) is 8.78 Å². The summed E-state index contributed by atoms with van der Waals surface area (Å²) in [6.07, 6.45) is 10.5. The number of nitrogens with zero attached hydrogens (tertiary/aromatic N) is 6. The van der Waals surface area contributed by atoms with Gasteiger partial charge in [-0.15, -0.1) is 0 Å². The molecule has 2 N–H and O–H groups in total. The number of hydrogen-bond donors (Lipinski definition) is 2. The first-order chi connectivity index (χ1) is 25.1. The van der Waals surface area contributed by atoms with Crippen LogP contribution in [0.25, 0.3) is 33.5 Å². The lowest BCUT2D eigenvalue weighted by molar-refractivity contribution is 0.123. The van der Waals surface area contributed by atoms with E-state index in [4.69, 9.17) is 0 Å². The van der Waals surface area contributed by atoms with Crippen LogP contribution in [0.5, 0.6) is 5.75 Å². The van der Waals surface area contributed by atoms with Gasteiger partial charge in [-0.05, 0) is 123 Å². The van der Waals surface area contributed by atoms with Crippen molar-refractivity contribution in [1.29, 1.82) is 0 Å². The van der Waals surface area contributed by atoms with E-state index in [0.29, 0.717) is 36.6 Å². The summed E-state index contributed by atoms with van der Waals surface area (Å²) in [6, 6.07) is 16.4. The molecule has 0 aliphatic heterocycles. The fourth-order valence-corrected chi connectivity index (χ4v) is 7.95. The smallest absolute Gasteiger partial charge is 0.337 e. The zero-order chi connectivity index (χ0) is 36.1. The molecular formula is C40H40F2N6O4. The van der Waals surface area contributed by atoms with Crippen LogP contribution in [-0.4, -0.2) is 57.8 Å². The van der Waals surface area contributed by atoms with Gasteiger partial charge in [-0.1, -0.05) is 18.2 Å². The lowest BCUT2D eigenvalue weighted by Gasteiger charge is -2.30. The second kappa shape index (κ2) is 13.4. The second-order valence-electron chi connectivity index (χ2n) is 14.5. The van der Waals surface area contributed by atoms with Crippen molar-refractivity contribution in [1.82, 2.24) is 28.4 Å². The van der Waals surface area contributed by atoms with Crippen LogP contribution in [0.15, 0.2) is 88.8 Å². The third-order valence-corrected chi connectivity index (χ3v) is 11.2. The van der Waals surface area contributed by atoms with E-state index in [1.54, 1.807) is 28.7 Å². The SMILES string of the molecule is CN(Cc1cc(O)ccc1-c1cccc(-n2c(=O)n(C3CCC(CCc4cn5cc(F)ccc5n4)CC3)c(=O)c3cc(F)cnc32)c1)C1(CO)CC1. The maximum atomic E-state index is 14.6. The Labute approximate surface area is 298 Å². The summed E-state index contributed by atoms with van der Waals surface area (Å²) in [5.41, 5.74) is 3.28. The number of aromatic nitrogens is 5. The Morgan fingerprint density at radius 3 is 2.54 bits per heavy atom. The highest BCUT2D eigenvalue weighted by Gasteiger charge is 2.45. The molecule has 0 amide bonds. The van der Waals surface area contributed by atoms with Gasteiger partial charge in [0, 0.05) is 30.5 Å². The van der Waals surface area contributed by atoms with Crippen LogP contribution in [0.1, 0.15) is 62.2 Å². The van der Waals surface area contributed by atoms with Gasteiger partial charge in [-0.25, -0.2) is 28.1 Å². The molecule has 8 rings (SSSR count). The Morgan fingerprint density at radius 1 is 0.962 bits per heavy atom. The molecule has 0 saturated heterocycles. The number of rotatable bonds is 10. The van der Waals surface area contributed by atoms with Crippen molar-refractivity contribution >= 4 is 16.7 Å². The standard InChI is InChI=1S/C40H40F2N6O4/c1-45(40(24-49)15-16-40)21-27-18-33(50)12-13-34(27)26-3-2-4-32(17-26)47-37-35(19-29(42)20-43-37)38(51)48(39(47)52)31-10-6-25(7-11-31)5-9-30-23-46-22-28(41)8-14-36(46)44-30/h2-4,8,12-14,17-20,22-23,25,31,49-50H,5-7,9-11,15-16,21,24H2,1H3. The molecule has 4 heterocycles. The maximum Gasteiger partial charge on any atom is 0.337 e. The van der Waals surface area contributed by atoms with Crippen molar-refractivity contribution in [3.63, 3.8) is 0 Å². The Bertz CT molecular complexity index is 2430. The first kappa shape index (κ1) is 33.9. The molecule has 0 bridgehead atoms. The molecule has 10 nitrogen and oxygen atoms in total. The average Bonchev–Trinajstić information content (AvgIpc) is 3.85. The van der Waals surface area contributed by atoms with Crippen molar-refractivity contribution in [2.75, 3.05) is 13.7 Å². The van der Waals surface area contributed by atoms with Crippen LogP contribution < -0.4 is 11.2 Å². The molecule has 12 heteroatoms. The Balaban J connectivity index is 1.09. The molecule has 268 valence electrons. The molecule has 0 unspecified atom stereocenters. The predicted octanol–water partition coefficient (Wildman–Crippen LogP) is 6.17. The minimum atomic E-state index is -0.664. The number of aromatic hydroxyl groups is 1. The van der Waals surface area contributed by atoms with E-state index in [1.165, 1.54) is 21.4 Å². The van der Waals surface area contributed by atoms with Crippen molar-refractivity contribution in [3.05, 3.63) is 123 Å². The fourth-order valence-electron chi connectivity index (χ4n) is 7.95. The number of phenols is 1. The highest BCUT2D eigenvalue weighted by Crippen LogP contribution is 2.42. The number of benzene rings is 2. The van der Waals surface area contributed by atoms with Crippen molar-refractivity contribution in [2.45, 2.75) is 69.5 Å². The summed E-state index contributed by atoms with van der Waals surface area (Å²) in [7, 11) is 1.96. The number of halogens is 2. The fraction of sp³-hybridized carbons (Fsp3) is 0.350. The molecule has 52 heavy (non-hydrogen) atoms. The molecule has 0 atom stereocenters. The summed E-state index contributed by atoms with van der Waals surface area (Å²) < 4.78 is 32.6. The van der Waals surface area contributed by atoms with Gasteiger partial charge in [-0.3, -0.25) is 14.3 Å². The summed E-state index contributed by atoms with van der Waals surface area (Å²) in [6.45, 7) is 0.547. The highest BCUT2D eigenvalue weighted by molar-refractivity contribution is 5.77. The van der Waals surface area contributed by atoms with Gasteiger partial charge < -0.3 is 14.6 Å². The first-order valence-corrected chi connectivity index (χ1v) is 17.8. The van der Waals surface area contributed by atoms with Crippen LogP contribution in [0, 0.1) is 17.6 Å². The molecule has 2 aliphatic rings. The molecule has 4 aromatic heterocycles. The topological polar surface area (TPSA) is 118 Å². The number of imidazole rings is 1. The zero-order valence-electron chi connectivity index (χ0n) is 28.9. The number of pyridine rings is 2. The molecule has 0 radical (unpaired) electrons. The van der Waals surface area contributed by atoms with Crippen LogP contribution in [0.3, 0.4) is 0 Å². The lowest BCUT2D eigenvalue weighted by atomic mass is 9.83. The maximum absolute atomic E-state index is 14.6. The van der Waals surface area contributed by atoms with E-state index in [2.05, 4.69) is 14.9 Å². The Hall–Kier alpha value is -5.20. The number of aryl methyl sites for hydroxylation is 1. The molecule has 2 aliphatic carbocycles. The van der Waals surface area contributed by atoms with Crippen molar-refractivity contribution < 1.29 is 19.0 Å². The van der Waals surface area contributed by atoms with E-state index in [1.807, 2.05) is 37.5 Å². The van der Waals surface area contributed by atoms with Gasteiger partial charge in [-0.2, -0.15) is 0 Å². The number of likely N-dealkylation sites (N-methyl/N-ethyl adjacent to an activating group) is 1. The van der Waals surface area contributed by atoms with Crippen LogP contribution in [0.2, 0.25) is 0 Å². The van der Waals surface area contributed by atoms with Gasteiger partial charge in [0.1, 0.15) is 23.0 Å². The number of aliphatic hydroxyl groups excluding tert-OH is 1. The largest absolute Gasteiger partial charge is 0.508 e. The van der Waals surface area contributed by atoms with Gasteiger partial charge in [0.2, 0.25) is 0 Å². The van der Waals surface area contributed by atoms with E-state index < -0.39 is 17.1 Å². The Morgan fingerprint density at radius 2 is 1.77 bits per heavy atom. The Kier molecular flexibility index (Phi) is 8.75. The van der Waals surface area contributed by atoms with Crippen LogP contribution in [-0.2, 0) is 13.0 Å². The summed E-state index contributed by atoms with van der Waals surface area (Å²) in [5.74, 6) is -0.486. The number of hydrogen-bond acceptors (Lipinski definition) is 7. The molecule has 2 saturated carbocycles. The predicted molar refractivity (Wildman–Crippen MR) is 194 cm³/mol. The van der Waals surface area contributed by atoms with Gasteiger partial charge >= 0.3 is 5.69 Å². The quantitative estimate of drug-likeness (QED) is 0.175. The minimum absolute atomic E-state index is 0.0288. The molecular weight excluding hydrogens is 666 g/mol. The second-order valence-corrected chi connectivity index (χ2v) is 14.5. The molecule has 0 spiro atoms. The highest BCUT2D eigenvalue weighted by atomic mass is 19.1. The molecule has 2 fully saturated rings. The van der Waals surface area contributed by atoms with Gasteiger partial charge in [0.15, 0.2) is 5.65 Å². The summed E-state index contributed by atoms with van der Waals surface area (Å²) >= 11 is 0. The van der Waals surface area contributed by atoms with E-state index >= 15 is 0 Å². The molecule has 6 aromatic rings. The van der Waals surface area contributed by atoms with E-state index in [9.17, 15) is 28.6 Å². The number of fused-ring (bicyclic) bond motifs is 2. The summed E-state index contributed by atoms with van der Waals surface area (Å²) in [4.78, 5) is 39.3. The van der Waals surface area contributed by atoms with Gasteiger partial charge in [0.25, 0.3) is 5.56 Å². The van der Waals surface area contributed by atoms with Crippen molar-refractivity contribution in [2.24, 2.45) is 5.92 Å². The average molecular weight is 707 g/mol. The van der Waals surface area contributed by atoms with E-state index in [0.717, 1.165) is 73.2 Å². The molecule has 2 aromatic carbocycles. The lowest BCUT2D eigenvalue weighted by Crippen LogP contribution is -2.43. The summed E-state index contributed by atoms with van der Waals surface area (Å²) in [5, 5.41) is 20.4. The zero-order valence-corrected chi connectivity index (χ0v) is 28.9. The first-order valence-electron chi connectivity index (χ1n) is 17.8. The number of aliphatic hydroxyl groups is 1. The minimum Gasteiger partial charge on any atom is -0.508 e. The number of phenolic OH excluding ortho intramolecular Hbond substituents is 1. The third-order valence-electron chi connectivity index (χ3n) is 11.2. The van der Waals surface area contributed by atoms with Crippen molar-refractivity contribution in [3.8, 4) is 22.6 Å². The third kappa shape index (κ3) is 6.30. The van der Waals surface area contributed by atoms with E-state index in [-0.39, 0.29) is 40.8 Å². The van der Waals surface area contributed by atoms with Crippen LogP contribution >= 0.6 is 0 Å². The normalized spacial score (nSPS) is 18.4. The van der Waals surface area contributed by atoms with Gasteiger partial charge in [0.05, 0.1) is 29.6 Å². The monoisotopic (exact) mass is 706 g/mol.